The third-order valence-electron chi connectivity index (χ3n) is 3.43. The van der Waals surface area contributed by atoms with Crippen LogP contribution in [0.1, 0.15) is 42.6 Å². The molecule has 20 heavy (non-hydrogen) atoms. The Morgan fingerprint density at radius 2 is 2.15 bits per heavy atom. The summed E-state index contributed by atoms with van der Waals surface area (Å²) in [4.78, 5) is 7.54. The smallest absolute Gasteiger partial charge is 0.123 e. The number of aromatic amines is 1. The minimum Gasteiger partial charge on any atom is -0.496 e. The Balaban J connectivity index is 2.44. The molecule has 0 aliphatic rings. The van der Waals surface area contributed by atoms with Crippen molar-refractivity contribution in [2.75, 3.05) is 13.7 Å². The molecule has 4 nitrogen and oxygen atoms in total. The number of benzene rings is 1. The first-order chi connectivity index (χ1) is 9.56. The van der Waals surface area contributed by atoms with Gasteiger partial charge in [-0.3, -0.25) is 0 Å². The second-order valence-corrected chi connectivity index (χ2v) is 5.92. The summed E-state index contributed by atoms with van der Waals surface area (Å²) in [5.74, 6) is 2.17. The van der Waals surface area contributed by atoms with Gasteiger partial charge < -0.3 is 15.5 Å². The molecule has 3 N–H and O–H groups in total. The zero-order chi connectivity index (χ0) is 14.7. The van der Waals surface area contributed by atoms with Crippen LogP contribution in [-0.2, 0) is 0 Å². The molecular formula is C15H20BrN3O. The lowest BCUT2D eigenvalue weighted by molar-refractivity contribution is 0.406. The molecule has 0 fully saturated rings. The van der Waals surface area contributed by atoms with E-state index in [0.29, 0.717) is 12.5 Å². The summed E-state index contributed by atoms with van der Waals surface area (Å²) >= 11 is 3.38. The lowest BCUT2D eigenvalue weighted by Gasteiger charge is -2.18. The van der Waals surface area contributed by atoms with Gasteiger partial charge in [-0.05, 0) is 33.5 Å². The number of methoxy groups -OCH3 is 1. The number of nitrogens with one attached hydrogen (secondary N) is 1. The molecule has 0 spiro atoms. The lowest BCUT2D eigenvalue weighted by atomic mass is 9.93. The van der Waals surface area contributed by atoms with E-state index in [-0.39, 0.29) is 5.92 Å². The van der Waals surface area contributed by atoms with Crippen molar-refractivity contribution in [3.8, 4) is 5.75 Å². The van der Waals surface area contributed by atoms with Gasteiger partial charge in [0, 0.05) is 12.1 Å². The number of halogens is 1. The summed E-state index contributed by atoms with van der Waals surface area (Å²) in [7, 11) is 1.69. The predicted molar refractivity (Wildman–Crippen MR) is 84.3 cm³/mol. The third-order valence-corrected chi connectivity index (χ3v) is 3.83. The summed E-state index contributed by atoms with van der Waals surface area (Å²) < 4.78 is 6.39. The summed E-state index contributed by atoms with van der Waals surface area (Å²) in [5, 5.41) is 0. The van der Waals surface area contributed by atoms with Crippen molar-refractivity contribution < 1.29 is 4.74 Å². The number of hydrogen-bond donors (Lipinski definition) is 2. The van der Waals surface area contributed by atoms with Gasteiger partial charge in [0.15, 0.2) is 0 Å². The van der Waals surface area contributed by atoms with Crippen LogP contribution in [0.2, 0.25) is 0 Å². The standard InChI is InChI=1S/C15H20BrN3O/c1-9(2)10-4-5-11(13(6-10)20-3)12(7-17)15-18-8-14(16)19-15/h4-6,8-9,12H,7,17H2,1-3H3,(H,18,19). The Bertz CT molecular complexity index is 580. The number of rotatable bonds is 5. The van der Waals surface area contributed by atoms with Gasteiger partial charge in [-0.1, -0.05) is 26.0 Å². The van der Waals surface area contributed by atoms with Crippen LogP contribution in [0.5, 0.6) is 5.75 Å². The fourth-order valence-corrected chi connectivity index (χ4v) is 2.56. The van der Waals surface area contributed by atoms with Crippen LogP contribution in [-0.4, -0.2) is 23.6 Å². The van der Waals surface area contributed by atoms with Crippen molar-refractivity contribution in [3.63, 3.8) is 0 Å². The SMILES string of the molecule is COc1cc(C(C)C)ccc1C(CN)c1ncc(Br)[nH]1. The van der Waals surface area contributed by atoms with E-state index in [1.165, 1.54) is 5.56 Å². The van der Waals surface area contributed by atoms with Gasteiger partial charge in [-0.25, -0.2) is 4.98 Å². The Morgan fingerprint density at radius 3 is 2.65 bits per heavy atom. The Morgan fingerprint density at radius 1 is 1.40 bits per heavy atom. The maximum atomic E-state index is 5.94. The number of ether oxygens (including phenoxy) is 1. The molecule has 2 rings (SSSR count). The molecule has 5 heteroatoms. The number of imidazole rings is 1. The third kappa shape index (κ3) is 3.04. The van der Waals surface area contributed by atoms with E-state index in [9.17, 15) is 0 Å². The minimum absolute atomic E-state index is 0.00235. The van der Waals surface area contributed by atoms with Gasteiger partial charge >= 0.3 is 0 Å². The van der Waals surface area contributed by atoms with E-state index in [0.717, 1.165) is 21.7 Å². The second kappa shape index (κ2) is 6.41. The molecule has 1 atom stereocenters. The molecule has 0 amide bonds. The molecule has 0 saturated carbocycles. The monoisotopic (exact) mass is 337 g/mol. The lowest BCUT2D eigenvalue weighted by Crippen LogP contribution is -2.16. The van der Waals surface area contributed by atoms with Crippen LogP contribution in [0.4, 0.5) is 0 Å². The Labute approximate surface area is 127 Å². The first kappa shape index (κ1) is 15.1. The van der Waals surface area contributed by atoms with Crippen LogP contribution in [0.3, 0.4) is 0 Å². The molecule has 2 aromatic rings. The van der Waals surface area contributed by atoms with Gasteiger partial charge in [0.1, 0.15) is 16.2 Å². The molecule has 1 heterocycles. The summed E-state index contributed by atoms with van der Waals surface area (Å²) in [6, 6.07) is 6.30. The molecule has 0 radical (unpaired) electrons. The van der Waals surface area contributed by atoms with Crippen LogP contribution >= 0.6 is 15.9 Å². The number of aromatic nitrogens is 2. The highest BCUT2D eigenvalue weighted by Crippen LogP contribution is 2.32. The summed E-state index contributed by atoms with van der Waals surface area (Å²) in [5.41, 5.74) is 8.25. The topological polar surface area (TPSA) is 63.9 Å². The van der Waals surface area contributed by atoms with Gasteiger partial charge in [0.2, 0.25) is 0 Å². The molecule has 0 saturated heterocycles. The molecule has 108 valence electrons. The molecule has 0 aliphatic heterocycles. The van der Waals surface area contributed by atoms with Crippen molar-refractivity contribution in [2.45, 2.75) is 25.7 Å². The average Bonchev–Trinajstić information content (AvgIpc) is 2.86. The molecule has 1 aromatic carbocycles. The molecule has 0 bridgehead atoms. The van der Waals surface area contributed by atoms with Crippen molar-refractivity contribution in [1.82, 2.24) is 9.97 Å². The van der Waals surface area contributed by atoms with Crippen LogP contribution in [0, 0.1) is 0 Å². The van der Waals surface area contributed by atoms with Gasteiger partial charge in [0.25, 0.3) is 0 Å². The summed E-state index contributed by atoms with van der Waals surface area (Å²) in [6.07, 6.45) is 1.74. The average molecular weight is 338 g/mol. The molecule has 0 aliphatic carbocycles. The van der Waals surface area contributed by atoms with E-state index < -0.39 is 0 Å². The van der Waals surface area contributed by atoms with Gasteiger partial charge in [-0.15, -0.1) is 0 Å². The number of nitrogens with zero attached hydrogens (tertiary/aromatic N) is 1. The highest BCUT2D eigenvalue weighted by molar-refractivity contribution is 9.10. The normalized spacial score (nSPS) is 12.7. The zero-order valence-corrected chi connectivity index (χ0v) is 13.6. The fraction of sp³-hybridized carbons (Fsp3) is 0.400. The van der Waals surface area contributed by atoms with E-state index in [2.05, 4.69) is 57.9 Å². The first-order valence-electron chi connectivity index (χ1n) is 6.65. The number of nitrogens with two attached hydrogens (primary N) is 1. The van der Waals surface area contributed by atoms with E-state index in [1.54, 1.807) is 13.3 Å². The van der Waals surface area contributed by atoms with Crippen LogP contribution in [0.25, 0.3) is 0 Å². The van der Waals surface area contributed by atoms with Crippen LogP contribution < -0.4 is 10.5 Å². The molecule has 1 aromatic heterocycles. The maximum absolute atomic E-state index is 5.94. The van der Waals surface area contributed by atoms with E-state index >= 15 is 0 Å². The second-order valence-electron chi connectivity index (χ2n) is 5.06. The van der Waals surface area contributed by atoms with E-state index in [4.69, 9.17) is 10.5 Å². The fourth-order valence-electron chi connectivity index (χ4n) is 2.25. The van der Waals surface area contributed by atoms with Crippen molar-refractivity contribution in [2.24, 2.45) is 5.73 Å². The van der Waals surface area contributed by atoms with Crippen molar-refractivity contribution >= 4 is 15.9 Å². The first-order valence-corrected chi connectivity index (χ1v) is 7.44. The quantitative estimate of drug-likeness (QED) is 0.878. The molecular weight excluding hydrogens is 318 g/mol. The van der Waals surface area contributed by atoms with Crippen LogP contribution in [0.15, 0.2) is 29.0 Å². The maximum Gasteiger partial charge on any atom is 0.123 e. The highest BCUT2D eigenvalue weighted by Gasteiger charge is 2.20. The largest absolute Gasteiger partial charge is 0.496 e. The summed E-state index contributed by atoms with van der Waals surface area (Å²) in [6.45, 7) is 4.80. The van der Waals surface area contributed by atoms with Gasteiger partial charge in [-0.2, -0.15) is 0 Å². The van der Waals surface area contributed by atoms with Gasteiger partial charge in [0.05, 0.1) is 19.2 Å². The minimum atomic E-state index is -0.00235. The molecule has 1 unspecified atom stereocenters. The number of hydrogen-bond acceptors (Lipinski definition) is 3. The Kier molecular flexibility index (Phi) is 4.83. The van der Waals surface area contributed by atoms with E-state index in [1.807, 2.05) is 0 Å². The zero-order valence-electron chi connectivity index (χ0n) is 12.0. The highest BCUT2D eigenvalue weighted by atomic mass is 79.9. The Hall–Kier alpha value is -1.33. The number of H-pyrrole nitrogens is 1. The predicted octanol–water partition coefficient (Wildman–Crippen LogP) is 3.39. The van der Waals surface area contributed by atoms with Crippen molar-refractivity contribution in [3.05, 3.63) is 46.0 Å². The van der Waals surface area contributed by atoms with Crippen molar-refractivity contribution in [1.29, 1.82) is 0 Å².